The molecule has 1 N–H and O–H groups in total. The van der Waals surface area contributed by atoms with Crippen LogP contribution in [-0.2, 0) is 4.74 Å². The van der Waals surface area contributed by atoms with Crippen molar-refractivity contribution in [3.63, 3.8) is 0 Å². The van der Waals surface area contributed by atoms with E-state index >= 15 is 0 Å². The zero-order valence-corrected chi connectivity index (χ0v) is 8.76. The van der Waals surface area contributed by atoms with Crippen molar-refractivity contribution in [1.29, 1.82) is 0 Å². The van der Waals surface area contributed by atoms with E-state index in [-0.39, 0.29) is 6.09 Å². The van der Waals surface area contributed by atoms with Crippen LogP contribution in [0, 0.1) is 0 Å². The molecule has 0 radical (unpaired) electrons. The van der Waals surface area contributed by atoms with Gasteiger partial charge in [-0.1, -0.05) is 0 Å². The van der Waals surface area contributed by atoms with Crippen molar-refractivity contribution in [1.82, 2.24) is 5.32 Å². The Balaban J connectivity index is 3.52. The Bertz CT molecular complexity index is 183. The molecule has 1 amide bonds. The van der Waals surface area contributed by atoms with Crippen LogP contribution in [0.15, 0.2) is 4.99 Å². The van der Waals surface area contributed by atoms with Gasteiger partial charge in [-0.25, -0.2) is 4.79 Å². The zero-order chi connectivity index (χ0) is 10.3. The Hall–Kier alpha value is -1.06. The van der Waals surface area contributed by atoms with Gasteiger partial charge in [0.25, 0.3) is 0 Å². The van der Waals surface area contributed by atoms with Gasteiger partial charge in [0, 0.05) is 19.8 Å². The van der Waals surface area contributed by atoms with Gasteiger partial charge in [-0.15, -0.1) is 0 Å². The first kappa shape index (κ1) is 11.9. The standard InChI is InChI=1S/C9H18N2O2/c1-9(2,3)13-8(12)11-7-5-6-10-4/h6H,5,7H2,1-4H3,(H,11,12)/b10-6+. The van der Waals surface area contributed by atoms with Crippen molar-refractivity contribution in [3.05, 3.63) is 0 Å². The molecule has 4 heteroatoms. The summed E-state index contributed by atoms with van der Waals surface area (Å²) in [7, 11) is 1.70. The molecule has 0 aromatic heterocycles. The largest absolute Gasteiger partial charge is 0.444 e. The van der Waals surface area contributed by atoms with Crippen LogP contribution in [0.5, 0.6) is 0 Å². The fourth-order valence-corrected chi connectivity index (χ4v) is 0.682. The molecule has 0 aliphatic heterocycles. The number of aliphatic imine (C=N–C) groups is 1. The normalized spacial score (nSPS) is 11.7. The van der Waals surface area contributed by atoms with Gasteiger partial charge in [0.1, 0.15) is 5.60 Å². The first-order valence-corrected chi connectivity index (χ1v) is 4.33. The van der Waals surface area contributed by atoms with Crippen LogP contribution in [0.25, 0.3) is 0 Å². The van der Waals surface area contributed by atoms with Crippen LogP contribution >= 0.6 is 0 Å². The zero-order valence-electron chi connectivity index (χ0n) is 8.76. The lowest BCUT2D eigenvalue weighted by atomic mass is 10.2. The lowest BCUT2D eigenvalue weighted by Gasteiger charge is -2.19. The molecule has 0 saturated carbocycles. The predicted octanol–water partition coefficient (Wildman–Crippen LogP) is 1.60. The number of nitrogens with zero attached hydrogens (tertiary/aromatic N) is 1. The molecule has 13 heavy (non-hydrogen) atoms. The highest BCUT2D eigenvalue weighted by molar-refractivity contribution is 5.68. The molecule has 0 aliphatic rings. The smallest absolute Gasteiger partial charge is 0.407 e. The maximum absolute atomic E-state index is 11.0. The van der Waals surface area contributed by atoms with Crippen LogP contribution in [0.1, 0.15) is 27.2 Å². The fraction of sp³-hybridized carbons (Fsp3) is 0.778. The van der Waals surface area contributed by atoms with Gasteiger partial charge in [0.05, 0.1) is 0 Å². The van der Waals surface area contributed by atoms with Crippen LogP contribution in [0.2, 0.25) is 0 Å². The second-order valence-electron chi connectivity index (χ2n) is 3.66. The minimum absolute atomic E-state index is 0.378. The highest BCUT2D eigenvalue weighted by Crippen LogP contribution is 2.05. The topological polar surface area (TPSA) is 50.7 Å². The molecule has 0 unspecified atom stereocenters. The second-order valence-corrected chi connectivity index (χ2v) is 3.66. The number of carbonyl (C=O) groups is 1. The quantitative estimate of drug-likeness (QED) is 0.537. The Labute approximate surface area is 79.4 Å². The van der Waals surface area contributed by atoms with Crippen molar-refractivity contribution in [2.75, 3.05) is 13.6 Å². The first-order chi connectivity index (χ1) is 5.95. The number of hydrogen-bond donors (Lipinski definition) is 1. The van der Waals surface area contributed by atoms with Gasteiger partial charge < -0.3 is 15.0 Å². The summed E-state index contributed by atoms with van der Waals surface area (Å²) in [5.74, 6) is 0. The fourth-order valence-electron chi connectivity index (χ4n) is 0.682. The number of rotatable bonds is 3. The van der Waals surface area contributed by atoms with Gasteiger partial charge in [-0.2, -0.15) is 0 Å². The molecular formula is C9H18N2O2. The minimum atomic E-state index is -0.428. The van der Waals surface area contributed by atoms with Crippen LogP contribution in [0.3, 0.4) is 0 Å². The summed E-state index contributed by atoms with van der Waals surface area (Å²) in [6.45, 7) is 6.06. The molecular weight excluding hydrogens is 168 g/mol. The van der Waals surface area contributed by atoms with Gasteiger partial charge >= 0.3 is 6.09 Å². The van der Waals surface area contributed by atoms with E-state index in [1.807, 2.05) is 20.8 Å². The summed E-state index contributed by atoms with van der Waals surface area (Å²) in [4.78, 5) is 14.8. The van der Waals surface area contributed by atoms with E-state index in [1.165, 1.54) is 0 Å². The van der Waals surface area contributed by atoms with Gasteiger partial charge in [-0.05, 0) is 27.2 Å². The molecule has 0 atom stereocenters. The Kier molecular flexibility index (Phi) is 5.11. The maximum Gasteiger partial charge on any atom is 0.407 e. The van der Waals surface area contributed by atoms with Crippen LogP contribution in [0.4, 0.5) is 4.79 Å². The second kappa shape index (κ2) is 5.56. The molecule has 0 aliphatic carbocycles. The first-order valence-electron chi connectivity index (χ1n) is 4.33. The van der Waals surface area contributed by atoms with Crippen molar-refractivity contribution < 1.29 is 9.53 Å². The predicted molar refractivity (Wildman–Crippen MR) is 53.3 cm³/mol. The summed E-state index contributed by atoms with van der Waals surface area (Å²) < 4.78 is 5.02. The molecule has 0 heterocycles. The van der Waals surface area contributed by atoms with Crippen LogP contribution in [-0.4, -0.2) is 31.5 Å². The van der Waals surface area contributed by atoms with E-state index in [0.29, 0.717) is 6.54 Å². The van der Waals surface area contributed by atoms with E-state index in [4.69, 9.17) is 4.74 Å². The summed E-state index contributed by atoms with van der Waals surface area (Å²) in [5, 5.41) is 2.62. The lowest BCUT2D eigenvalue weighted by molar-refractivity contribution is 0.0529. The molecule has 76 valence electrons. The average Bonchev–Trinajstić information content (AvgIpc) is 1.94. The van der Waals surface area contributed by atoms with E-state index in [1.54, 1.807) is 13.3 Å². The highest BCUT2D eigenvalue weighted by atomic mass is 16.6. The van der Waals surface area contributed by atoms with Gasteiger partial charge in [0.2, 0.25) is 0 Å². The van der Waals surface area contributed by atoms with Crippen molar-refractivity contribution in [2.24, 2.45) is 4.99 Å². The number of hydrogen-bond acceptors (Lipinski definition) is 3. The Morgan fingerprint density at radius 1 is 1.54 bits per heavy atom. The third kappa shape index (κ3) is 8.85. The molecule has 0 aromatic rings. The number of nitrogens with one attached hydrogen (secondary N) is 1. The van der Waals surface area contributed by atoms with Crippen molar-refractivity contribution >= 4 is 12.3 Å². The molecule has 4 nitrogen and oxygen atoms in total. The number of carbonyl (C=O) groups excluding carboxylic acids is 1. The Morgan fingerprint density at radius 3 is 2.62 bits per heavy atom. The number of amides is 1. The van der Waals surface area contributed by atoms with Gasteiger partial charge in [0.15, 0.2) is 0 Å². The minimum Gasteiger partial charge on any atom is -0.444 e. The molecule has 0 fully saturated rings. The SMILES string of the molecule is C/N=C/CCNC(=O)OC(C)(C)C. The molecule has 0 aromatic carbocycles. The molecule has 0 saturated heterocycles. The third-order valence-corrected chi connectivity index (χ3v) is 1.12. The van der Waals surface area contributed by atoms with Crippen LogP contribution < -0.4 is 5.32 Å². The summed E-state index contributed by atoms with van der Waals surface area (Å²) in [5.41, 5.74) is -0.428. The lowest BCUT2D eigenvalue weighted by Crippen LogP contribution is -2.33. The van der Waals surface area contributed by atoms with E-state index in [0.717, 1.165) is 6.42 Å². The van der Waals surface area contributed by atoms with E-state index in [9.17, 15) is 4.79 Å². The monoisotopic (exact) mass is 186 g/mol. The van der Waals surface area contributed by atoms with E-state index in [2.05, 4.69) is 10.3 Å². The van der Waals surface area contributed by atoms with Gasteiger partial charge in [-0.3, -0.25) is 0 Å². The maximum atomic E-state index is 11.0. The number of ether oxygens (including phenoxy) is 1. The van der Waals surface area contributed by atoms with Crippen molar-refractivity contribution in [2.45, 2.75) is 32.8 Å². The van der Waals surface area contributed by atoms with E-state index < -0.39 is 5.60 Å². The van der Waals surface area contributed by atoms with Crippen molar-refractivity contribution in [3.8, 4) is 0 Å². The molecule has 0 bridgehead atoms. The summed E-state index contributed by atoms with van der Waals surface area (Å²) in [6, 6.07) is 0. The number of alkyl carbamates (subject to hydrolysis) is 1. The summed E-state index contributed by atoms with van der Waals surface area (Å²) in [6.07, 6.45) is 2.10. The third-order valence-electron chi connectivity index (χ3n) is 1.12. The Morgan fingerprint density at radius 2 is 2.15 bits per heavy atom. The average molecular weight is 186 g/mol. The molecule has 0 spiro atoms. The molecule has 0 rings (SSSR count). The highest BCUT2D eigenvalue weighted by Gasteiger charge is 2.14. The summed E-state index contributed by atoms with van der Waals surface area (Å²) >= 11 is 0.